The largest absolute Gasteiger partial charge is 0.348 e. The van der Waals surface area contributed by atoms with E-state index in [1.807, 2.05) is 49.4 Å². The summed E-state index contributed by atoms with van der Waals surface area (Å²) in [6.07, 6.45) is 5.95. The van der Waals surface area contributed by atoms with Crippen LogP contribution in [0.5, 0.6) is 0 Å². The summed E-state index contributed by atoms with van der Waals surface area (Å²) in [6, 6.07) is 13.5. The molecule has 0 spiro atoms. The van der Waals surface area contributed by atoms with Gasteiger partial charge in [0.25, 0.3) is 0 Å². The van der Waals surface area contributed by atoms with Crippen molar-refractivity contribution >= 4 is 17.1 Å². The molecular formula is C21H24N4O2. The van der Waals surface area contributed by atoms with Gasteiger partial charge in [-0.25, -0.2) is 9.78 Å². The van der Waals surface area contributed by atoms with Gasteiger partial charge in [0.2, 0.25) is 5.91 Å². The zero-order valence-corrected chi connectivity index (χ0v) is 15.5. The van der Waals surface area contributed by atoms with Crippen LogP contribution in [0.3, 0.4) is 0 Å². The molecule has 6 heteroatoms. The molecule has 1 aromatic carbocycles. The molecule has 2 aromatic heterocycles. The second-order valence-corrected chi connectivity index (χ2v) is 7.22. The molecule has 1 atom stereocenters. The van der Waals surface area contributed by atoms with Gasteiger partial charge in [0.1, 0.15) is 6.54 Å². The molecule has 1 amide bonds. The summed E-state index contributed by atoms with van der Waals surface area (Å²) in [4.78, 5) is 30.1. The molecule has 140 valence electrons. The van der Waals surface area contributed by atoms with Crippen LogP contribution in [-0.4, -0.2) is 20.0 Å². The maximum Gasteiger partial charge on any atom is 0.331 e. The van der Waals surface area contributed by atoms with E-state index in [9.17, 15) is 9.59 Å². The van der Waals surface area contributed by atoms with Crippen molar-refractivity contribution in [3.63, 3.8) is 0 Å². The number of imidazole rings is 1. The first kappa shape index (κ1) is 17.5. The molecule has 6 nitrogen and oxygen atoms in total. The number of rotatable bonds is 5. The van der Waals surface area contributed by atoms with E-state index in [0.29, 0.717) is 5.65 Å². The normalized spacial score (nSPS) is 15.9. The Kier molecular flexibility index (Phi) is 4.79. The van der Waals surface area contributed by atoms with Crippen LogP contribution in [-0.2, 0) is 11.3 Å². The number of benzene rings is 1. The molecule has 1 aliphatic carbocycles. The molecule has 27 heavy (non-hydrogen) atoms. The Morgan fingerprint density at radius 2 is 1.93 bits per heavy atom. The third-order valence-electron chi connectivity index (χ3n) is 5.39. The molecule has 0 radical (unpaired) electrons. The SMILES string of the molecule is C[C@@H](NC(=O)Cn1c(=O)n(C2CCCC2)c2ncccc21)c1ccccc1. The van der Waals surface area contributed by atoms with Gasteiger partial charge in [0.05, 0.1) is 11.6 Å². The van der Waals surface area contributed by atoms with Crippen LogP contribution in [0.2, 0.25) is 0 Å². The van der Waals surface area contributed by atoms with Gasteiger partial charge >= 0.3 is 5.69 Å². The summed E-state index contributed by atoms with van der Waals surface area (Å²) in [5.74, 6) is -0.178. The van der Waals surface area contributed by atoms with E-state index in [-0.39, 0.29) is 30.2 Å². The molecule has 0 bridgehead atoms. The predicted octanol–water partition coefficient (Wildman–Crippen LogP) is 3.19. The van der Waals surface area contributed by atoms with Gasteiger partial charge in [-0.2, -0.15) is 0 Å². The first-order chi connectivity index (χ1) is 13.1. The number of nitrogens with zero attached hydrogens (tertiary/aromatic N) is 3. The fourth-order valence-electron chi connectivity index (χ4n) is 4.01. The first-order valence-corrected chi connectivity index (χ1v) is 9.55. The van der Waals surface area contributed by atoms with Crippen LogP contribution in [0.15, 0.2) is 53.5 Å². The van der Waals surface area contributed by atoms with Gasteiger partial charge in [-0.1, -0.05) is 43.2 Å². The molecule has 0 aliphatic heterocycles. The topological polar surface area (TPSA) is 68.9 Å². The van der Waals surface area contributed by atoms with Crippen LogP contribution in [0.1, 0.15) is 50.3 Å². The molecule has 1 aliphatic rings. The Balaban J connectivity index is 1.61. The number of nitrogens with one attached hydrogen (secondary N) is 1. The zero-order valence-electron chi connectivity index (χ0n) is 15.5. The van der Waals surface area contributed by atoms with Crippen LogP contribution < -0.4 is 11.0 Å². The molecular weight excluding hydrogens is 340 g/mol. The van der Waals surface area contributed by atoms with Crippen LogP contribution in [0.25, 0.3) is 11.2 Å². The third kappa shape index (κ3) is 3.39. The van der Waals surface area contributed by atoms with Crippen molar-refractivity contribution in [3.05, 3.63) is 64.7 Å². The lowest BCUT2D eigenvalue weighted by molar-refractivity contribution is -0.122. The average Bonchev–Trinajstić information content (AvgIpc) is 3.29. The Labute approximate surface area is 157 Å². The number of amides is 1. The van der Waals surface area contributed by atoms with Crippen molar-refractivity contribution in [2.75, 3.05) is 0 Å². The lowest BCUT2D eigenvalue weighted by Crippen LogP contribution is -2.35. The zero-order chi connectivity index (χ0) is 18.8. The van der Waals surface area contributed by atoms with Crippen molar-refractivity contribution in [1.82, 2.24) is 19.4 Å². The number of aromatic nitrogens is 3. The summed E-state index contributed by atoms with van der Waals surface area (Å²) < 4.78 is 3.34. The fraction of sp³-hybridized carbons (Fsp3) is 0.381. The fourth-order valence-corrected chi connectivity index (χ4v) is 4.01. The summed E-state index contributed by atoms with van der Waals surface area (Å²) in [6.45, 7) is 1.94. The Bertz CT molecular complexity index is 1000. The van der Waals surface area contributed by atoms with E-state index >= 15 is 0 Å². The highest BCUT2D eigenvalue weighted by atomic mass is 16.2. The standard InChI is InChI=1S/C21H24N4O2/c1-15(16-8-3-2-4-9-16)23-19(26)14-24-18-12-7-13-22-20(18)25(21(24)27)17-10-5-6-11-17/h2-4,7-9,12-13,15,17H,5-6,10-11,14H2,1H3,(H,23,26)/t15-/m1/s1. The lowest BCUT2D eigenvalue weighted by Gasteiger charge is -2.14. The highest BCUT2D eigenvalue weighted by Crippen LogP contribution is 2.30. The Morgan fingerprint density at radius 3 is 2.67 bits per heavy atom. The van der Waals surface area contributed by atoms with Crippen molar-refractivity contribution < 1.29 is 4.79 Å². The molecule has 0 unspecified atom stereocenters. The molecule has 1 saturated carbocycles. The molecule has 4 rings (SSSR count). The van der Waals surface area contributed by atoms with Gasteiger partial charge < -0.3 is 5.32 Å². The highest BCUT2D eigenvalue weighted by Gasteiger charge is 2.25. The van der Waals surface area contributed by atoms with Gasteiger partial charge in [0.15, 0.2) is 5.65 Å². The predicted molar refractivity (Wildman–Crippen MR) is 104 cm³/mol. The van der Waals surface area contributed by atoms with E-state index in [2.05, 4.69) is 10.3 Å². The summed E-state index contributed by atoms with van der Waals surface area (Å²) in [7, 11) is 0. The van der Waals surface area contributed by atoms with Gasteiger partial charge in [-0.05, 0) is 37.5 Å². The van der Waals surface area contributed by atoms with E-state index in [1.165, 1.54) is 0 Å². The monoisotopic (exact) mass is 364 g/mol. The van der Waals surface area contributed by atoms with Crippen molar-refractivity contribution in [3.8, 4) is 0 Å². The quantitative estimate of drug-likeness (QED) is 0.756. The molecule has 0 saturated heterocycles. The van der Waals surface area contributed by atoms with Gasteiger partial charge in [-0.3, -0.25) is 13.9 Å². The number of fused-ring (bicyclic) bond motifs is 1. The van der Waals surface area contributed by atoms with Crippen LogP contribution in [0, 0.1) is 0 Å². The van der Waals surface area contributed by atoms with E-state index in [1.54, 1.807) is 15.3 Å². The van der Waals surface area contributed by atoms with Gasteiger partial charge in [-0.15, -0.1) is 0 Å². The van der Waals surface area contributed by atoms with E-state index in [0.717, 1.165) is 36.8 Å². The number of carbonyl (C=O) groups is 1. The molecule has 2 heterocycles. The number of pyridine rings is 1. The maximum absolute atomic E-state index is 13.1. The van der Waals surface area contributed by atoms with Crippen molar-refractivity contribution in [2.24, 2.45) is 0 Å². The second kappa shape index (κ2) is 7.39. The summed E-state index contributed by atoms with van der Waals surface area (Å²) in [5.41, 5.74) is 2.29. The molecule has 1 N–H and O–H groups in total. The number of hydrogen-bond acceptors (Lipinski definition) is 3. The van der Waals surface area contributed by atoms with E-state index in [4.69, 9.17) is 0 Å². The van der Waals surface area contributed by atoms with Crippen molar-refractivity contribution in [2.45, 2.75) is 51.2 Å². The van der Waals surface area contributed by atoms with Gasteiger partial charge in [0, 0.05) is 12.2 Å². The molecule has 3 aromatic rings. The number of carbonyl (C=O) groups excluding carboxylic acids is 1. The summed E-state index contributed by atoms with van der Waals surface area (Å²) >= 11 is 0. The minimum atomic E-state index is -0.178. The minimum Gasteiger partial charge on any atom is -0.348 e. The lowest BCUT2D eigenvalue weighted by atomic mass is 10.1. The smallest absolute Gasteiger partial charge is 0.331 e. The maximum atomic E-state index is 13.1. The Hall–Kier alpha value is -2.89. The number of hydrogen-bond donors (Lipinski definition) is 1. The van der Waals surface area contributed by atoms with Crippen LogP contribution >= 0.6 is 0 Å². The summed E-state index contributed by atoms with van der Waals surface area (Å²) in [5, 5.41) is 2.99. The minimum absolute atomic E-state index is 0.00206. The Morgan fingerprint density at radius 1 is 1.19 bits per heavy atom. The van der Waals surface area contributed by atoms with Crippen LogP contribution in [0.4, 0.5) is 0 Å². The third-order valence-corrected chi connectivity index (χ3v) is 5.39. The highest BCUT2D eigenvalue weighted by molar-refractivity contribution is 5.79. The second-order valence-electron chi connectivity index (χ2n) is 7.22. The first-order valence-electron chi connectivity index (χ1n) is 9.55. The average molecular weight is 364 g/mol. The molecule has 1 fully saturated rings. The van der Waals surface area contributed by atoms with Crippen molar-refractivity contribution in [1.29, 1.82) is 0 Å². The van der Waals surface area contributed by atoms with E-state index < -0.39 is 0 Å².